The number of hydrogen-bond acceptors (Lipinski definition) is 3. The van der Waals surface area contributed by atoms with Gasteiger partial charge in [-0.05, 0) is 44.9 Å². The number of hydrogen-bond donors (Lipinski definition) is 2. The van der Waals surface area contributed by atoms with Crippen LogP contribution in [-0.4, -0.2) is 29.3 Å². The number of rotatable bonds is 5. The number of benzene rings is 1. The summed E-state index contributed by atoms with van der Waals surface area (Å²) in [7, 11) is 0. The summed E-state index contributed by atoms with van der Waals surface area (Å²) in [6, 6.07) is 4.87. The molecule has 22 heavy (non-hydrogen) atoms. The van der Waals surface area contributed by atoms with Crippen molar-refractivity contribution in [2.75, 3.05) is 6.54 Å². The van der Waals surface area contributed by atoms with Crippen LogP contribution in [0.1, 0.15) is 26.3 Å². The van der Waals surface area contributed by atoms with Gasteiger partial charge in [0, 0.05) is 16.6 Å². The van der Waals surface area contributed by atoms with Crippen molar-refractivity contribution in [3.8, 4) is 0 Å². The first-order chi connectivity index (χ1) is 10.1. The zero-order chi connectivity index (χ0) is 16.9. The fourth-order valence-electron chi connectivity index (χ4n) is 1.72. The quantitative estimate of drug-likeness (QED) is 0.850. The molecule has 1 amide bonds. The topological polar surface area (TPSA) is 75.6 Å². The lowest BCUT2D eigenvalue weighted by atomic mass is 9.99. The van der Waals surface area contributed by atoms with Crippen LogP contribution in [0, 0.1) is 5.92 Å². The number of nitrogens with one attached hydrogen (secondary N) is 1. The summed E-state index contributed by atoms with van der Waals surface area (Å²) < 4.78 is 5.07. The Hall–Kier alpha value is -1.46. The van der Waals surface area contributed by atoms with Gasteiger partial charge < -0.3 is 15.2 Å². The van der Waals surface area contributed by atoms with E-state index >= 15 is 0 Å². The fraction of sp³-hybridized carbons (Fsp3) is 0.467. The molecule has 0 fully saturated rings. The van der Waals surface area contributed by atoms with E-state index < -0.39 is 23.6 Å². The molecule has 5 nitrogen and oxygen atoms in total. The summed E-state index contributed by atoms with van der Waals surface area (Å²) in [5.74, 6) is -1.84. The van der Waals surface area contributed by atoms with E-state index in [1.54, 1.807) is 39.0 Å². The van der Waals surface area contributed by atoms with Crippen LogP contribution < -0.4 is 5.32 Å². The number of carboxylic acid groups (broad SMARTS) is 1. The van der Waals surface area contributed by atoms with Crippen molar-refractivity contribution in [1.82, 2.24) is 5.32 Å². The van der Waals surface area contributed by atoms with Gasteiger partial charge in [-0.15, -0.1) is 0 Å². The Bertz CT molecular complexity index is 555. The number of amides is 1. The van der Waals surface area contributed by atoms with E-state index in [0.717, 1.165) is 0 Å². The number of halogens is 2. The molecule has 2 N–H and O–H groups in total. The molecule has 7 heteroatoms. The number of carbonyl (C=O) groups excluding carboxylic acids is 1. The molecule has 1 rings (SSSR count). The monoisotopic (exact) mass is 347 g/mol. The van der Waals surface area contributed by atoms with Crippen molar-refractivity contribution in [2.45, 2.75) is 32.8 Å². The molecule has 122 valence electrons. The standard InChI is InChI=1S/C15H19Cl2NO4/c1-15(2,3)22-14(21)18-8-10(13(19)20)6-9-4-5-11(16)7-12(9)17/h4-5,7,10H,6,8H2,1-3H3,(H,18,21)(H,19,20)/t10-/m1/s1. The van der Waals surface area contributed by atoms with E-state index in [9.17, 15) is 14.7 Å². The van der Waals surface area contributed by atoms with Crippen LogP contribution >= 0.6 is 23.2 Å². The molecule has 0 bridgehead atoms. The molecular formula is C15H19Cl2NO4. The third-order valence-corrected chi connectivity index (χ3v) is 3.31. The predicted octanol–water partition coefficient (Wildman–Crippen LogP) is 3.76. The lowest BCUT2D eigenvalue weighted by molar-refractivity contribution is -0.141. The average molecular weight is 348 g/mol. The molecule has 0 radical (unpaired) electrons. The molecule has 0 aliphatic carbocycles. The highest BCUT2D eigenvalue weighted by molar-refractivity contribution is 6.35. The Balaban J connectivity index is 2.67. The van der Waals surface area contributed by atoms with Crippen LogP contribution in [0.4, 0.5) is 4.79 Å². The second kappa shape index (κ2) is 7.70. The maximum atomic E-state index is 11.6. The molecule has 0 heterocycles. The minimum absolute atomic E-state index is 0.0524. The van der Waals surface area contributed by atoms with Gasteiger partial charge in [-0.3, -0.25) is 4.79 Å². The summed E-state index contributed by atoms with van der Waals surface area (Å²) in [4.78, 5) is 22.9. The lowest BCUT2D eigenvalue weighted by Gasteiger charge is -2.21. The number of alkyl carbamates (subject to hydrolysis) is 1. The van der Waals surface area contributed by atoms with Gasteiger partial charge in [0.05, 0.1) is 5.92 Å². The zero-order valence-electron chi connectivity index (χ0n) is 12.7. The normalized spacial score (nSPS) is 12.6. The van der Waals surface area contributed by atoms with Gasteiger partial charge in [0.1, 0.15) is 5.60 Å². The Labute approximate surface area is 139 Å². The highest BCUT2D eigenvalue weighted by Crippen LogP contribution is 2.23. The van der Waals surface area contributed by atoms with E-state index in [4.69, 9.17) is 27.9 Å². The van der Waals surface area contributed by atoms with Crippen molar-refractivity contribution in [3.63, 3.8) is 0 Å². The van der Waals surface area contributed by atoms with Gasteiger partial charge in [-0.2, -0.15) is 0 Å². The van der Waals surface area contributed by atoms with Crippen molar-refractivity contribution in [1.29, 1.82) is 0 Å². The van der Waals surface area contributed by atoms with Crippen LogP contribution in [0.2, 0.25) is 10.0 Å². The van der Waals surface area contributed by atoms with Crippen molar-refractivity contribution in [2.24, 2.45) is 5.92 Å². The number of ether oxygens (including phenoxy) is 1. The largest absolute Gasteiger partial charge is 0.481 e. The van der Waals surface area contributed by atoms with Gasteiger partial charge in [0.25, 0.3) is 0 Å². The van der Waals surface area contributed by atoms with Crippen LogP contribution in [0.15, 0.2) is 18.2 Å². The molecule has 0 unspecified atom stereocenters. The molecule has 0 saturated heterocycles. The van der Waals surface area contributed by atoms with Gasteiger partial charge >= 0.3 is 12.1 Å². The second-order valence-corrected chi connectivity index (χ2v) is 6.70. The Morgan fingerprint density at radius 2 is 1.95 bits per heavy atom. The molecule has 0 saturated carbocycles. The Morgan fingerprint density at radius 1 is 1.32 bits per heavy atom. The van der Waals surface area contributed by atoms with E-state index in [2.05, 4.69) is 5.32 Å². The first-order valence-electron chi connectivity index (χ1n) is 6.72. The minimum Gasteiger partial charge on any atom is -0.481 e. The van der Waals surface area contributed by atoms with Crippen molar-refractivity contribution in [3.05, 3.63) is 33.8 Å². The zero-order valence-corrected chi connectivity index (χ0v) is 14.2. The molecule has 0 aliphatic rings. The maximum absolute atomic E-state index is 11.6. The van der Waals surface area contributed by atoms with E-state index in [-0.39, 0.29) is 13.0 Å². The molecular weight excluding hydrogens is 329 g/mol. The minimum atomic E-state index is -1.03. The summed E-state index contributed by atoms with van der Waals surface area (Å²) >= 11 is 11.8. The molecule has 0 spiro atoms. The number of carboxylic acids is 1. The average Bonchev–Trinajstić information content (AvgIpc) is 2.34. The Kier molecular flexibility index (Phi) is 6.50. The fourth-order valence-corrected chi connectivity index (χ4v) is 2.21. The van der Waals surface area contributed by atoms with Crippen LogP contribution in [-0.2, 0) is 16.0 Å². The van der Waals surface area contributed by atoms with E-state index in [1.165, 1.54) is 0 Å². The van der Waals surface area contributed by atoms with Gasteiger partial charge in [0.15, 0.2) is 0 Å². The van der Waals surface area contributed by atoms with Crippen molar-refractivity contribution < 1.29 is 19.4 Å². The van der Waals surface area contributed by atoms with Gasteiger partial charge in [-0.1, -0.05) is 29.3 Å². The van der Waals surface area contributed by atoms with Crippen LogP contribution in [0.25, 0.3) is 0 Å². The van der Waals surface area contributed by atoms with Gasteiger partial charge in [-0.25, -0.2) is 4.79 Å². The summed E-state index contributed by atoms with van der Waals surface area (Å²) in [5.41, 5.74) is 0.0203. The molecule has 1 aromatic carbocycles. The van der Waals surface area contributed by atoms with Crippen molar-refractivity contribution >= 4 is 35.3 Å². The van der Waals surface area contributed by atoms with Crippen LogP contribution in [0.5, 0.6) is 0 Å². The molecule has 1 aromatic rings. The maximum Gasteiger partial charge on any atom is 0.407 e. The smallest absolute Gasteiger partial charge is 0.407 e. The SMILES string of the molecule is CC(C)(C)OC(=O)NC[C@@H](Cc1ccc(Cl)cc1Cl)C(=O)O. The third-order valence-electron chi connectivity index (χ3n) is 2.72. The summed E-state index contributed by atoms with van der Waals surface area (Å²) in [6.45, 7) is 5.14. The molecule has 1 atom stereocenters. The summed E-state index contributed by atoms with van der Waals surface area (Å²) in [5, 5.41) is 12.6. The number of carbonyl (C=O) groups is 2. The predicted molar refractivity (Wildman–Crippen MR) is 85.5 cm³/mol. The molecule has 0 aliphatic heterocycles. The third kappa shape index (κ3) is 6.54. The second-order valence-electron chi connectivity index (χ2n) is 5.86. The molecule has 0 aromatic heterocycles. The van der Waals surface area contributed by atoms with E-state index in [0.29, 0.717) is 15.6 Å². The summed E-state index contributed by atoms with van der Waals surface area (Å²) in [6.07, 6.45) is -0.470. The van der Waals surface area contributed by atoms with Gasteiger partial charge in [0.2, 0.25) is 0 Å². The van der Waals surface area contributed by atoms with E-state index in [1.807, 2.05) is 0 Å². The highest BCUT2D eigenvalue weighted by Gasteiger charge is 2.22. The lowest BCUT2D eigenvalue weighted by Crippen LogP contribution is -2.37. The van der Waals surface area contributed by atoms with Crippen LogP contribution in [0.3, 0.4) is 0 Å². The number of aliphatic carboxylic acids is 1. The Morgan fingerprint density at radius 3 is 2.45 bits per heavy atom. The highest BCUT2D eigenvalue weighted by atomic mass is 35.5. The first-order valence-corrected chi connectivity index (χ1v) is 7.47. The first kappa shape index (κ1) is 18.6.